The van der Waals surface area contributed by atoms with E-state index in [0.29, 0.717) is 4.99 Å². The summed E-state index contributed by atoms with van der Waals surface area (Å²) in [6.07, 6.45) is 0. The first-order chi connectivity index (χ1) is 8.99. The van der Waals surface area contributed by atoms with E-state index in [4.69, 9.17) is 18.0 Å². The van der Waals surface area contributed by atoms with Crippen LogP contribution in [0.4, 0.5) is 11.4 Å². The standard InChI is InChI=1S/C14H13BrN2OS/c1-17(9-3-2-4-11(18)7-9)10-5-6-12(14(16)19)13(15)8-10/h2-8,18H,1H3,(H2,16,19). The molecule has 0 bridgehead atoms. The Morgan fingerprint density at radius 2 is 1.89 bits per heavy atom. The van der Waals surface area contributed by atoms with Crippen LogP contribution in [0.3, 0.4) is 0 Å². The first-order valence-corrected chi connectivity index (χ1v) is 6.81. The maximum Gasteiger partial charge on any atom is 0.117 e. The summed E-state index contributed by atoms with van der Waals surface area (Å²) in [7, 11) is 1.93. The lowest BCUT2D eigenvalue weighted by molar-refractivity contribution is 0.475. The molecule has 0 saturated heterocycles. The van der Waals surface area contributed by atoms with Gasteiger partial charge in [0, 0.05) is 34.5 Å². The maximum atomic E-state index is 9.51. The van der Waals surface area contributed by atoms with Crippen LogP contribution in [-0.4, -0.2) is 17.1 Å². The molecule has 2 aromatic carbocycles. The molecule has 3 nitrogen and oxygen atoms in total. The molecule has 0 fully saturated rings. The number of rotatable bonds is 3. The largest absolute Gasteiger partial charge is 0.508 e. The highest BCUT2D eigenvalue weighted by molar-refractivity contribution is 9.10. The fourth-order valence-electron chi connectivity index (χ4n) is 1.76. The van der Waals surface area contributed by atoms with E-state index in [1.807, 2.05) is 36.2 Å². The molecule has 0 heterocycles. The van der Waals surface area contributed by atoms with Crippen LogP contribution in [0.15, 0.2) is 46.9 Å². The lowest BCUT2D eigenvalue weighted by atomic mass is 10.2. The van der Waals surface area contributed by atoms with Gasteiger partial charge in [-0.15, -0.1) is 0 Å². The minimum absolute atomic E-state index is 0.239. The molecule has 0 aliphatic carbocycles. The van der Waals surface area contributed by atoms with Gasteiger partial charge in [0.05, 0.1) is 0 Å². The van der Waals surface area contributed by atoms with Crippen LogP contribution in [0.5, 0.6) is 5.75 Å². The molecule has 0 aliphatic rings. The van der Waals surface area contributed by atoms with E-state index in [1.165, 1.54) is 0 Å². The van der Waals surface area contributed by atoms with E-state index >= 15 is 0 Å². The smallest absolute Gasteiger partial charge is 0.117 e. The number of phenolic OH excluding ortho intramolecular Hbond substituents is 1. The van der Waals surface area contributed by atoms with Crippen molar-refractivity contribution in [2.24, 2.45) is 5.73 Å². The Morgan fingerprint density at radius 3 is 2.47 bits per heavy atom. The molecule has 0 unspecified atom stereocenters. The summed E-state index contributed by atoms with van der Waals surface area (Å²) in [5, 5.41) is 9.51. The lowest BCUT2D eigenvalue weighted by Crippen LogP contribution is -2.12. The molecule has 0 atom stereocenters. The number of nitrogens with two attached hydrogens (primary N) is 1. The molecule has 5 heteroatoms. The molecule has 0 radical (unpaired) electrons. The normalized spacial score (nSPS) is 10.2. The van der Waals surface area contributed by atoms with Gasteiger partial charge >= 0.3 is 0 Å². The first-order valence-electron chi connectivity index (χ1n) is 5.61. The van der Waals surface area contributed by atoms with Gasteiger partial charge in [0.15, 0.2) is 0 Å². The van der Waals surface area contributed by atoms with E-state index in [2.05, 4.69) is 15.9 Å². The second-order valence-corrected chi connectivity index (χ2v) is 5.40. The molecule has 0 spiro atoms. The predicted octanol–water partition coefficient (Wildman–Crippen LogP) is 3.56. The summed E-state index contributed by atoms with van der Waals surface area (Å²) in [6, 6.07) is 12.8. The zero-order valence-electron chi connectivity index (χ0n) is 10.3. The molecule has 98 valence electrons. The van der Waals surface area contributed by atoms with E-state index in [1.54, 1.807) is 18.2 Å². The minimum atomic E-state index is 0.239. The SMILES string of the molecule is CN(c1cccc(O)c1)c1ccc(C(N)=S)c(Br)c1. The van der Waals surface area contributed by atoms with E-state index in [0.717, 1.165) is 21.4 Å². The third kappa shape index (κ3) is 3.05. The van der Waals surface area contributed by atoms with E-state index < -0.39 is 0 Å². The number of halogens is 1. The fraction of sp³-hybridized carbons (Fsp3) is 0.0714. The molecule has 3 N–H and O–H groups in total. The van der Waals surface area contributed by atoms with E-state index in [9.17, 15) is 5.11 Å². The molecule has 2 aromatic rings. The Balaban J connectivity index is 2.37. The van der Waals surface area contributed by atoms with Crippen molar-refractivity contribution in [2.45, 2.75) is 0 Å². The van der Waals surface area contributed by atoms with Gasteiger partial charge < -0.3 is 15.7 Å². The Morgan fingerprint density at radius 1 is 1.21 bits per heavy atom. The van der Waals surface area contributed by atoms with Crippen molar-refractivity contribution in [2.75, 3.05) is 11.9 Å². The van der Waals surface area contributed by atoms with Gasteiger partial charge in [0.2, 0.25) is 0 Å². The zero-order chi connectivity index (χ0) is 14.0. The summed E-state index contributed by atoms with van der Waals surface area (Å²) < 4.78 is 0.851. The second kappa shape index (κ2) is 5.59. The number of nitrogens with zero attached hydrogens (tertiary/aromatic N) is 1. The Kier molecular flexibility index (Phi) is 4.07. The first kappa shape index (κ1) is 13.8. The van der Waals surface area contributed by atoms with Crippen LogP contribution < -0.4 is 10.6 Å². The van der Waals surface area contributed by atoms with Gasteiger partial charge in [-0.25, -0.2) is 0 Å². The van der Waals surface area contributed by atoms with Crippen molar-refractivity contribution in [3.05, 3.63) is 52.5 Å². The quantitative estimate of drug-likeness (QED) is 0.841. The number of aromatic hydroxyl groups is 1. The fourth-order valence-corrected chi connectivity index (χ4v) is 2.65. The lowest BCUT2D eigenvalue weighted by Gasteiger charge is -2.20. The third-order valence-corrected chi connectivity index (χ3v) is 3.70. The maximum absolute atomic E-state index is 9.51. The molecule has 0 aliphatic heterocycles. The average Bonchev–Trinajstić information content (AvgIpc) is 2.37. The molecule has 0 amide bonds. The van der Waals surface area contributed by atoms with Crippen LogP contribution in [0.25, 0.3) is 0 Å². The highest BCUT2D eigenvalue weighted by Crippen LogP contribution is 2.29. The van der Waals surface area contributed by atoms with Crippen molar-refractivity contribution >= 4 is 44.5 Å². The van der Waals surface area contributed by atoms with Crippen molar-refractivity contribution in [1.29, 1.82) is 0 Å². The number of phenols is 1. The molecule has 0 aromatic heterocycles. The number of benzene rings is 2. The summed E-state index contributed by atoms with van der Waals surface area (Å²) in [6.45, 7) is 0. The van der Waals surface area contributed by atoms with Crippen molar-refractivity contribution in [1.82, 2.24) is 0 Å². The van der Waals surface area contributed by atoms with Crippen LogP contribution in [-0.2, 0) is 0 Å². The highest BCUT2D eigenvalue weighted by atomic mass is 79.9. The molecule has 2 rings (SSSR count). The van der Waals surface area contributed by atoms with Crippen LogP contribution >= 0.6 is 28.1 Å². The number of hydrogen-bond acceptors (Lipinski definition) is 3. The van der Waals surface area contributed by atoms with Gasteiger partial charge in [-0.2, -0.15) is 0 Å². The van der Waals surface area contributed by atoms with Crippen LogP contribution in [0, 0.1) is 0 Å². The monoisotopic (exact) mass is 336 g/mol. The van der Waals surface area contributed by atoms with Crippen molar-refractivity contribution in [3.8, 4) is 5.75 Å². The summed E-state index contributed by atoms with van der Waals surface area (Å²) in [5.74, 6) is 0.239. The Labute approximate surface area is 125 Å². The van der Waals surface area contributed by atoms with Gasteiger partial charge in [-0.3, -0.25) is 0 Å². The van der Waals surface area contributed by atoms with Crippen LogP contribution in [0.1, 0.15) is 5.56 Å². The van der Waals surface area contributed by atoms with E-state index in [-0.39, 0.29) is 5.75 Å². The average molecular weight is 337 g/mol. The molecule has 0 saturated carbocycles. The molecular formula is C14H13BrN2OS. The number of hydrogen-bond donors (Lipinski definition) is 2. The van der Waals surface area contributed by atoms with Gasteiger partial charge in [-0.05, 0) is 46.3 Å². The number of thiocarbonyl (C=S) groups is 1. The van der Waals surface area contributed by atoms with Crippen LogP contribution in [0.2, 0.25) is 0 Å². The van der Waals surface area contributed by atoms with Gasteiger partial charge in [0.25, 0.3) is 0 Å². The number of anilines is 2. The van der Waals surface area contributed by atoms with Crippen molar-refractivity contribution in [3.63, 3.8) is 0 Å². The zero-order valence-corrected chi connectivity index (χ0v) is 12.7. The third-order valence-electron chi connectivity index (χ3n) is 2.82. The Hall–Kier alpha value is -1.59. The highest BCUT2D eigenvalue weighted by Gasteiger charge is 2.08. The molecular weight excluding hydrogens is 324 g/mol. The summed E-state index contributed by atoms with van der Waals surface area (Å²) in [5.41, 5.74) is 8.30. The minimum Gasteiger partial charge on any atom is -0.508 e. The van der Waals surface area contributed by atoms with Gasteiger partial charge in [0.1, 0.15) is 10.7 Å². The summed E-state index contributed by atoms with van der Waals surface area (Å²) in [4.78, 5) is 2.33. The Bertz CT molecular complexity index is 631. The van der Waals surface area contributed by atoms with Gasteiger partial charge in [-0.1, -0.05) is 18.3 Å². The van der Waals surface area contributed by atoms with Crippen molar-refractivity contribution < 1.29 is 5.11 Å². The molecule has 19 heavy (non-hydrogen) atoms. The summed E-state index contributed by atoms with van der Waals surface area (Å²) >= 11 is 8.43. The topological polar surface area (TPSA) is 49.5 Å². The second-order valence-electron chi connectivity index (χ2n) is 4.11. The predicted molar refractivity (Wildman–Crippen MR) is 86.2 cm³/mol.